The SMILES string of the molecule is CC(CNC(=O)OC(C)(C)C)CC(=O)C=[N+]=[N-]. The molecule has 1 N–H and O–H groups in total. The maximum absolute atomic E-state index is 11.3. The monoisotopic (exact) mass is 241 g/mol. The highest BCUT2D eigenvalue weighted by atomic mass is 16.6. The van der Waals surface area contributed by atoms with Gasteiger partial charge in [-0.15, -0.1) is 0 Å². The van der Waals surface area contributed by atoms with Crippen LogP contribution in [-0.4, -0.2) is 35.0 Å². The molecule has 17 heavy (non-hydrogen) atoms. The van der Waals surface area contributed by atoms with Crippen LogP contribution in [0, 0.1) is 5.92 Å². The van der Waals surface area contributed by atoms with Gasteiger partial charge in [0.05, 0.1) is 0 Å². The minimum absolute atomic E-state index is 0.0481. The molecule has 0 saturated carbocycles. The number of ketones is 1. The quantitative estimate of drug-likeness (QED) is 0.448. The number of Topliss-reactive ketones (excluding diaryl/α,β-unsaturated/α-hetero) is 1. The van der Waals surface area contributed by atoms with Crippen LogP contribution in [0.3, 0.4) is 0 Å². The number of nitrogens with zero attached hydrogens (tertiary/aromatic N) is 2. The largest absolute Gasteiger partial charge is 0.444 e. The predicted octanol–water partition coefficient (Wildman–Crippen LogP) is 1.41. The zero-order valence-corrected chi connectivity index (χ0v) is 10.7. The minimum atomic E-state index is -0.535. The molecule has 1 atom stereocenters. The standard InChI is InChI=1S/C11H19N3O3/c1-8(5-9(15)7-14-12)6-13-10(16)17-11(2,3)4/h7-8H,5-6H2,1-4H3,(H,13,16). The highest BCUT2D eigenvalue weighted by Crippen LogP contribution is 2.07. The summed E-state index contributed by atoms with van der Waals surface area (Å²) in [6.45, 7) is 7.46. The Hall–Kier alpha value is -1.68. The molecule has 0 aromatic heterocycles. The van der Waals surface area contributed by atoms with Crippen LogP contribution < -0.4 is 5.32 Å². The molecule has 6 heteroatoms. The average molecular weight is 241 g/mol. The van der Waals surface area contributed by atoms with E-state index in [0.717, 1.165) is 6.21 Å². The first-order chi connectivity index (χ1) is 7.74. The van der Waals surface area contributed by atoms with E-state index < -0.39 is 11.7 Å². The number of hydrogen-bond acceptors (Lipinski definition) is 3. The molecule has 1 amide bonds. The van der Waals surface area contributed by atoms with Crippen molar-refractivity contribution >= 4 is 18.1 Å². The summed E-state index contributed by atoms with van der Waals surface area (Å²) in [5, 5.41) is 2.57. The first kappa shape index (κ1) is 15.3. The summed E-state index contributed by atoms with van der Waals surface area (Å²) in [6, 6.07) is 0. The van der Waals surface area contributed by atoms with Gasteiger partial charge < -0.3 is 15.6 Å². The molecule has 0 bridgehead atoms. The van der Waals surface area contributed by atoms with E-state index in [-0.39, 0.29) is 18.1 Å². The normalized spacial score (nSPS) is 12.2. The van der Waals surface area contributed by atoms with Crippen LogP contribution in [0.4, 0.5) is 4.79 Å². The molecule has 0 aliphatic carbocycles. The van der Waals surface area contributed by atoms with Crippen LogP contribution in [0.15, 0.2) is 0 Å². The lowest BCUT2D eigenvalue weighted by Crippen LogP contribution is -2.35. The summed E-state index contributed by atoms with van der Waals surface area (Å²) in [7, 11) is 0. The number of carbonyl (C=O) groups is 2. The Morgan fingerprint density at radius 3 is 2.53 bits per heavy atom. The highest BCUT2D eigenvalue weighted by Gasteiger charge is 2.17. The van der Waals surface area contributed by atoms with Crippen LogP contribution in [0.1, 0.15) is 34.1 Å². The fourth-order valence-electron chi connectivity index (χ4n) is 1.10. The van der Waals surface area contributed by atoms with Gasteiger partial charge in [-0.1, -0.05) is 6.92 Å². The minimum Gasteiger partial charge on any atom is -0.444 e. The van der Waals surface area contributed by atoms with Crippen LogP contribution in [-0.2, 0) is 9.53 Å². The Morgan fingerprint density at radius 1 is 1.47 bits per heavy atom. The van der Waals surface area contributed by atoms with E-state index in [1.54, 1.807) is 27.7 Å². The maximum atomic E-state index is 11.3. The first-order valence-electron chi connectivity index (χ1n) is 5.41. The lowest BCUT2D eigenvalue weighted by Gasteiger charge is -2.20. The number of rotatable bonds is 5. The smallest absolute Gasteiger partial charge is 0.407 e. The van der Waals surface area contributed by atoms with Gasteiger partial charge in [-0.05, 0) is 26.7 Å². The Morgan fingerprint density at radius 2 is 2.06 bits per heavy atom. The summed E-state index contributed by atoms with van der Waals surface area (Å²) in [5.74, 6) is -0.334. The summed E-state index contributed by atoms with van der Waals surface area (Å²) in [5.41, 5.74) is 7.62. The molecule has 1 unspecified atom stereocenters. The number of ether oxygens (including phenoxy) is 1. The van der Waals surface area contributed by atoms with Gasteiger partial charge in [-0.3, -0.25) is 4.79 Å². The van der Waals surface area contributed by atoms with Crippen molar-refractivity contribution in [2.45, 2.75) is 39.7 Å². The molecule has 6 nitrogen and oxygen atoms in total. The summed E-state index contributed by atoms with van der Waals surface area (Å²) in [4.78, 5) is 25.0. The third-order valence-electron chi connectivity index (χ3n) is 1.75. The van der Waals surface area contributed by atoms with E-state index in [1.807, 2.05) is 0 Å². The van der Waals surface area contributed by atoms with Crippen LogP contribution in [0.5, 0.6) is 0 Å². The van der Waals surface area contributed by atoms with Crippen molar-refractivity contribution in [2.24, 2.45) is 5.92 Å². The molecule has 0 saturated heterocycles. The summed E-state index contributed by atoms with van der Waals surface area (Å²) >= 11 is 0. The lowest BCUT2D eigenvalue weighted by molar-refractivity contribution is -0.116. The lowest BCUT2D eigenvalue weighted by atomic mass is 10.1. The van der Waals surface area contributed by atoms with Gasteiger partial charge in [0.2, 0.25) is 5.78 Å². The molecule has 0 spiro atoms. The second-order valence-electron chi connectivity index (χ2n) is 4.90. The van der Waals surface area contributed by atoms with Crippen molar-refractivity contribution in [1.29, 1.82) is 0 Å². The molecule has 0 heterocycles. The number of carbonyl (C=O) groups excluding carboxylic acids is 2. The van der Waals surface area contributed by atoms with Gasteiger partial charge in [0.1, 0.15) is 5.60 Å². The van der Waals surface area contributed by atoms with E-state index in [0.29, 0.717) is 6.54 Å². The van der Waals surface area contributed by atoms with E-state index in [9.17, 15) is 9.59 Å². The van der Waals surface area contributed by atoms with Crippen molar-refractivity contribution in [2.75, 3.05) is 6.54 Å². The molecule has 0 aromatic rings. The van der Waals surface area contributed by atoms with Crippen molar-refractivity contribution in [3.8, 4) is 0 Å². The summed E-state index contributed by atoms with van der Waals surface area (Å²) < 4.78 is 5.04. The highest BCUT2D eigenvalue weighted by molar-refractivity contribution is 6.25. The van der Waals surface area contributed by atoms with Gasteiger partial charge in [0.25, 0.3) is 0 Å². The number of alkyl carbamates (subject to hydrolysis) is 1. The van der Waals surface area contributed by atoms with Crippen molar-refractivity contribution in [1.82, 2.24) is 5.32 Å². The topological polar surface area (TPSA) is 91.8 Å². The van der Waals surface area contributed by atoms with Crippen molar-refractivity contribution in [3.05, 3.63) is 5.53 Å². The van der Waals surface area contributed by atoms with Gasteiger partial charge in [0, 0.05) is 13.0 Å². The zero-order valence-electron chi connectivity index (χ0n) is 10.7. The zero-order chi connectivity index (χ0) is 13.5. The maximum Gasteiger partial charge on any atom is 0.407 e. The molecule has 0 aliphatic rings. The molecule has 0 radical (unpaired) electrons. The van der Waals surface area contributed by atoms with E-state index in [2.05, 4.69) is 10.1 Å². The Balaban J connectivity index is 3.92. The Bertz CT molecular complexity index is 327. The number of nitrogens with one attached hydrogen (secondary N) is 1. The molecule has 96 valence electrons. The molecular formula is C11H19N3O3. The number of hydrogen-bond donors (Lipinski definition) is 1. The third-order valence-corrected chi connectivity index (χ3v) is 1.75. The average Bonchev–Trinajstić information content (AvgIpc) is 2.12. The van der Waals surface area contributed by atoms with Crippen LogP contribution in [0.25, 0.3) is 5.53 Å². The van der Waals surface area contributed by atoms with Gasteiger partial charge in [-0.25, -0.2) is 4.79 Å². The molecule has 0 rings (SSSR count). The van der Waals surface area contributed by atoms with Crippen molar-refractivity contribution in [3.63, 3.8) is 0 Å². The second kappa shape index (κ2) is 6.81. The predicted molar refractivity (Wildman–Crippen MR) is 62.7 cm³/mol. The van der Waals surface area contributed by atoms with Gasteiger partial charge >= 0.3 is 12.3 Å². The Kier molecular flexibility index (Phi) is 6.13. The first-order valence-corrected chi connectivity index (χ1v) is 5.41. The van der Waals surface area contributed by atoms with Crippen LogP contribution in [0.2, 0.25) is 0 Å². The fourth-order valence-corrected chi connectivity index (χ4v) is 1.10. The van der Waals surface area contributed by atoms with E-state index in [1.165, 1.54) is 0 Å². The van der Waals surface area contributed by atoms with Gasteiger partial charge in [0.15, 0.2) is 0 Å². The molecule has 0 aliphatic heterocycles. The fraction of sp³-hybridized carbons (Fsp3) is 0.727. The summed E-state index contributed by atoms with van der Waals surface area (Å²) in [6.07, 6.45) is 0.553. The molecule has 0 fully saturated rings. The molecule has 0 aromatic carbocycles. The third kappa shape index (κ3) is 9.26. The number of amides is 1. The van der Waals surface area contributed by atoms with Crippen LogP contribution >= 0.6 is 0 Å². The van der Waals surface area contributed by atoms with E-state index >= 15 is 0 Å². The Labute approximate surface area is 101 Å². The molecular weight excluding hydrogens is 222 g/mol. The van der Waals surface area contributed by atoms with E-state index in [4.69, 9.17) is 10.3 Å². The second-order valence-corrected chi connectivity index (χ2v) is 4.90. The van der Waals surface area contributed by atoms with Crippen molar-refractivity contribution < 1.29 is 19.1 Å². The van der Waals surface area contributed by atoms with Gasteiger partial charge in [-0.2, -0.15) is 4.79 Å².